The molecule has 1 aliphatic heterocycles. The first-order valence-corrected chi connectivity index (χ1v) is 4.88. The SMILES string of the molecule is C#CC1C=CP(=O)(OC)C1. The van der Waals surface area contributed by atoms with Gasteiger partial charge in [0.15, 0.2) is 0 Å². The summed E-state index contributed by atoms with van der Waals surface area (Å²) in [7, 11) is -0.998. The molecular weight excluding hydrogens is 147 g/mol. The first-order chi connectivity index (χ1) is 4.70. The van der Waals surface area contributed by atoms with Crippen LogP contribution in [0.25, 0.3) is 0 Å². The normalized spacial score (nSPS) is 37.8. The minimum atomic E-state index is -2.45. The maximum Gasteiger partial charge on any atom is 0.226 e. The maximum atomic E-state index is 11.3. The molecule has 1 rings (SSSR count). The summed E-state index contributed by atoms with van der Waals surface area (Å²) in [5.41, 5.74) is 0. The third-order valence-electron chi connectivity index (χ3n) is 1.52. The highest BCUT2D eigenvalue weighted by Gasteiger charge is 2.26. The van der Waals surface area contributed by atoms with E-state index in [0.717, 1.165) is 0 Å². The Kier molecular flexibility index (Phi) is 1.99. The average Bonchev–Trinajstić information content (AvgIpc) is 2.33. The largest absolute Gasteiger partial charge is 0.329 e. The number of terminal acetylenes is 1. The van der Waals surface area contributed by atoms with Gasteiger partial charge in [-0.15, -0.1) is 6.42 Å². The first kappa shape index (κ1) is 7.60. The molecule has 0 N–H and O–H groups in total. The summed E-state index contributed by atoms with van der Waals surface area (Å²) in [5.74, 6) is 4.11. The lowest BCUT2D eigenvalue weighted by Gasteiger charge is -2.05. The molecular formula is C7H9O2P. The fraction of sp³-hybridized carbons (Fsp3) is 0.429. The van der Waals surface area contributed by atoms with Crippen molar-refractivity contribution in [3.63, 3.8) is 0 Å². The van der Waals surface area contributed by atoms with Crippen LogP contribution in [0.1, 0.15) is 0 Å². The van der Waals surface area contributed by atoms with Crippen LogP contribution in [0.4, 0.5) is 0 Å². The van der Waals surface area contributed by atoms with Gasteiger partial charge in [-0.2, -0.15) is 0 Å². The number of hydrogen-bond acceptors (Lipinski definition) is 2. The lowest BCUT2D eigenvalue weighted by molar-refractivity contribution is 0.402. The molecule has 0 aromatic rings. The van der Waals surface area contributed by atoms with Crippen LogP contribution in [-0.4, -0.2) is 13.3 Å². The van der Waals surface area contributed by atoms with Crippen LogP contribution in [0.2, 0.25) is 0 Å². The van der Waals surface area contributed by atoms with Crippen molar-refractivity contribution in [3.05, 3.63) is 11.9 Å². The monoisotopic (exact) mass is 156 g/mol. The fourth-order valence-corrected chi connectivity index (χ4v) is 2.51. The van der Waals surface area contributed by atoms with Gasteiger partial charge < -0.3 is 4.52 Å². The van der Waals surface area contributed by atoms with Gasteiger partial charge in [-0.1, -0.05) is 12.0 Å². The van der Waals surface area contributed by atoms with Gasteiger partial charge >= 0.3 is 0 Å². The van der Waals surface area contributed by atoms with Gasteiger partial charge in [0.1, 0.15) is 0 Å². The Balaban J connectivity index is 2.71. The lowest BCUT2D eigenvalue weighted by Crippen LogP contribution is -1.93. The molecule has 0 aliphatic carbocycles. The molecule has 0 fully saturated rings. The van der Waals surface area contributed by atoms with Crippen molar-refractivity contribution in [2.75, 3.05) is 13.3 Å². The quantitative estimate of drug-likeness (QED) is 0.426. The molecule has 0 bridgehead atoms. The molecule has 10 heavy (non-hydrogen) atoms. The standard InChI is InChI=1S/C7H9O2P/c1-3-7-4-5-10(8,6-7)9-2/h1,4-5,7H,6H2,2H3. The van der Waals surface area contributed by atoms with Crippen molar-refractivity contribution in [2.24, 2.45) is 5.92 Å². The van der Waals surface area contributed by atoms with Crippen LogP contribution in [-0.2, 0) is 9.09 Å². The van der Waals surface area contributed by atoms with Gasteiger partial charge in [-0.05, 0) is 5.82 Å². The summed E-state index contributed by atoms with van der Waals surface area (Å²) in [6.45, 7) is 0. The van der Waals surface area contributed by atoms with Crippen LogP contribution in [0.15, 0.2) is 11.9 Å². The molecule has 1 heterocycles. The third-order valence-corrected chi connectivity index (χ3v) is 3.67. The molecule has 0 aromatic heterocycles. The highest BCUT2D eigenvalue weighted by Crippen LogP contribution is 2.53. The second kappa shape index (κ2) is 2.62. The van der Waals surface area contributed by atoms with E-state index in [1.165, 1.54) is 7.11 Å². The number of rotatable bonds is 1. The zero-order valence-corrected chi connectivity index (χ0v) is 6.67. The molecule has 1 aliphatic rings. The van der Waals surface area contributed by atoms with Gasteiger partial charge in [0.2, 0.25) is 7.37 Å². The van der Waals surface area contributed by atoms with E-state index in [0.29, 0.717) is 6.16 Å². The van der Waals surface area contributed by atoms with Crippen LogP contribution >= 0.6 is 7.37 Å². The van der Waals surface area contributed by atoms with Crippen molar-refractivity contribution in [2.45, 2.75) is 0 Å². The smallest absolute Gasteiger partial charge is 0.226 e. The van der Waals surface area contributed by atoms with E-state index in [1.807, 2.05) is 0 Å². The molecule has 2 unspecified atom stereocenters. The summed E-state index contributed by atoms with van der Waals surface area (Å²) in [6.07, 6.45) is 7.37. The van der Waals surface area contributed by atoms with E-state index < -0.39 is 7.37 Å². The molecule has 0 spiro atoms. The molecule has 0 saturated heterocycles. The topological polar surface area (TPSA) is 26.3 Å². The molecule has 54 valence electrons. The van der Waals surface area contributed by atoms with Crippen LogP contribution in [0.3, 0.4) is 0 Å². The summed E-state index contributed by atoms with van der Waals surface area (Å²) in [6, 6.07) is 0. The van der Waals surface area contributed by atoms with E-state index in [1.54, 1.807) is 11.9 Å². The molecule has 3 heteroatoms. The number of allylic oxidation sites excluding steroid dienone is 1. The predicted octanol–water partition coefficient (Wildman–Crippen LogP) is 1.69. The minimum Gasteiger partial charge on any atom is -0.329 e. The zero-order chi connectivity index (χ0) is 7.61. The van der Waals surface area contributed by atoms with Crippen LogP contribution in [0, 0.1) is 18.3 Å². The van der Waals surface area contributed by atoms with Gasteiger partial charge in [0.25, 0.3) is 0 Å². The Hall–Kier alpha value is -0.510. The predicted molar refractivity (Wildman–Crippen MR) is 40.9 cm³/mol. The first-order valence-electron chi connectivity index (χ1n) is 3.00. The van der Waals surface area contributed by atoms with E-state index in [4.69, 9.17) is 10.9 Å². The number of hydrogen-bond donors (Lipinski definition) is 0. The minimum absolute atomic E-state index is 0.00535. The average molecular weight is 156 g/mol. The molecule has 0 amide bonds. The van der Waals surface area contributed by atoms with E-state index in [-0.39, 0.29) is 5.92 Å². The zero-order valence-electron chi connectivity index (χ0n) is 5.78. The van der Waals surface area contributed by atoms with Crippen molar-refractivity contribution < 1.29 is 9.09 Å². The Morgan fingerprint density at radius 2 is 2.60 bits per heavy atom. The molecule has 0 saturated carbocycles. The Labute approximate surface area is 60.7 Å². The Bertz CT molecular complexity index is 236. The van der Waals surface area contributed by atoms with Crippen molar-refractivity contribution in [1.82, 2.24) is 0 Å². The summed E-state index contributed by atoms with van der Waals surface area (Å²) in [5, 5.41) is 0. The second-order valence-corrected chi connectivity index (χ2v) is 4.69. The highest BCUT2D eigenvalue weighted by atomic mass is 31.2. The molecule has 0 aromatic carbocycles. The van der Waals surface area contributed by atoms with E-state index in [2.05, 4.69) is 5.92 Å². The summed E-state index contributed by atoms with van der Waals surface area (Å²) in [4.78, 5) is 0. The van der Waals surface area contributed by atoms with Gasteiger partial charge in [0, 0.05) is 19.2 Å². The molecule has 2 nitrogen and oxygen atoms in total. The van der Waals surface area contributed by atoms with E-state index >= 15 is 0 Å². The Morgan fingerprint density at radius 3 is 2.90 bits per heavy atom. The van der Waals surface area contributed by atoms with Crippen molar-refractivity contribution in [1.29, 1.82) is 0 Å². The summed E-state index contributed by atoms with van der Waals surface area (Å²) >= 11 is 0. The fourth-order valence-electron chi connectivity index (χ4n) is 0.875. The summed E-state index contributed by atoms with van der Waals surface area (Å²) < 4.78 is 16.2. The second-order valence-electron chi connectivity index (χ2n) is 2.21. The van der Waals surface area contributed by atoms with Gasteiger partial charge in [0.05, 0.1) is 0 Å². The van der Waals surface area contributed by atoms with Gasteiger partial charge in [-0.25, -0.2) is 0 Å². The third kappa shape index (κ3) is 1.31. The highest BCUT2D eigenvalue weighted by molar-refractivity contribution is 7.62. The van der Waals surface area contributed by atoms with Crippen LogP contribution < -0.4 is 0 Å². The van der Waals surface area contributed by atoms with Gasteiger partial charge in [-0.3, -0.25) is 4.57 Å². The molecule has 2 atom stereocenters. The maximum absolute atomic E-state index is 11.3. The molecule has 0 radical (unpaired) electrons. The van der Waals surface area contributed by atoms with Crippen molar-refractivity contribution in [3.8, 4) is 12.3 Å². The lowest BCUT2D eigenvalue weighted by atomic mass is 10.2. The van der Waals surface area contributed by atoms with Crippen molar-refractivity contribution >= 4 is 7.37 Å². The Morgan fingerprint density at radius 1 is 1.90 bits per heavy atom. The van der Waals surface area contributed by atoms with Crippen LogP contribution in [0.5, 0.6) is 0 Å². The van der Waals surface area contributed by atoms with E-state index in [9.17, 15) is 4.57 Å².